The lowest BCUT2D eigenvalue weighted by molar-refractivity contribution is -0.826. The van der Waals surface area contributed by atoms with Gasteiger partial charge in [0.2, 0.25) is 0 Å². The monoisotopic (exact) mass is 459 g/mol. The second-order valence-corrected chi connectivity index (χ2v) is 7.47. The smallest absolute Gasteiger partial charge is 0.261 e. The van der Waals surface area contributed by atoms with Gasteiger partial charge in [-0.25, -0.2) is 0 Å². The van der Waals surface area contributed by atoms with Crippen molar-refractivity contribution in [3.8, 4) is 0 Å². The molecule has 0 bridgehead atoms. The number of hydrogen-bond donors (Lipinski definition) is 2. The Morgan fingerprint density at radius 1 is 1.03 bits per heavy atom. The van der Waals surface area contributed by atoms with Crippen molar-refractivity contribution in [2.75, 3.05) is 18.9 Å². The molecule has 1 aromatic heterocycles. The highest BCUT2D eigenvalue weighted by molar-refractivity contribution is 7.80. The zero-order chi connectivity index (χ0) is 19.3. The fourth-order valence-electron chi connectivity index (χ4n) is 3.13. The Labute approximate surface area is 193 Å². The van der Waals surface area contributed by atoms with E-state index < -0.39 is 0 Å². The van der Waals surface area contributed by atoms with Gasteiger partial charge in [0.25, 0.3) is 5.37 Å². The molecule has 2 aromatic carbocycles. The maximum absolute atomic E-state index is 12.7. The van der Waals surface area contributed by atoms with Crippen LogP contribution in [0.1, 0.15) is 21.5 Å². The van der Waals surface area contributed by atoms with Gasteiger partial charge >= 0.3 is 0 Å². The summed E-state index contributed by atoms with van der Waals surface area (Å²) in [5.41, 5.74) is 3.48. The lowest BCUT2D eigenvalue weighted by Gasteiger charge is -2.29. The molecule has 1 atom stereocenters. The lowest BCUT2D eigenvalue weighted by atomic mass is 10.0. The fraction of sp³-hybridized carbons (Fsp3) is 0.0870. The minimum atomic E-state index is 0. The Balaban J connectivity index is 0.00000160. The summed E-state index contributed by atoms with van der Waals surface area (Å²) in [6.45, 7) is 0.714. The highest BCUT2D eigenvalue weighted by Crippen LogP contribution is 2.16. The van der Waals surface area contributed by atoms with E-state index in [1.807, 2.05) is 66.9 Å². The van der Waals surface area contributed by atoms with Crippen molar-refractivity contribution in [3.63, 3.8) is 0 Å². The molecular formula is C23H23Cl2N3OS. The van der Waals surface area contributed by atoms with E-state index in [0.717, 1.165) is 11.3 Å². The van der Waals surface area contributed by atoms with Crippen LogP contribution in [0.2, 0.25) is 0 Å². The standard InChI is InChI=1S/C23H21N3OS.2ClH/c1-26-21(16-28-23(26)19-10-6-12-24-14-19)15-25-20-11-5-9-18(13-20)22(27)17-7-3-2-4-8-17;;/h2-14,16,25-26H,15H2,1H3;2*1H. The van der Waals surface area contributed by atoms with Crippen LogP contribution in [0.4, 0.5) is 5.69 Å². The summed E-state index contributed by atoms with van der Waals surface area (Å²) in [5, 5.41) is 6.88. The van der Waals surface area contributed by atoms with E-state index in [2.05, 4.69) is 28.8 Å². The number of benzene rings is 2. The first-order valence-corrected chi connectivity index (χ1v) is 10.0. The van der Waals surface area contributed by atoms with E-state index in [9.17, 15) is 4.79 Å². The molecule has 0 amide bonds. The number of likely N-dealkylation sites (N-methyl/N-ethyl adjacent to an activating group) is 1. The van der Waals surface area contributed by atoms with Crippen molar-refractivity contribution >= 4 is 53.0 Å². The number of carbonyl (C=O) groups is 1. The topological polar surface area (TPSA) is 46.4 Å². The van der Waals surface area contributed by atoms with Gasteiger partial charge in [-0.05, 0) is 30.9 Å². The number of hydrogen-bond acceptors (Lipinski definition) is 3. The van der Waals surface area contributed by atoms with Gasteiger partial charge in [-0.1, -0.05) is 60.3 Å². The molecule has 1 unspecified atom stereocenters. The maximum atomic E-state index is 12.7. The number of carbonyl (C=O) groups excluding carboxylic acids is 1. The normalized spacial score (nSPS) is 15.2. The number of nitrogens with one attached hydrogen (secondary N) is 2. The third-order valence-electron chi connectivity index (χ3n) is 4.71. The van der Waals surface area contributed by atoms with Gasteiger partial charge in [-0.15, -0.1) is 30.9 Å². The number of aromatic nitrogens is 1. The Morgan fingerprint density at radius 3 is 2.53 bits per heavy atom. The molecule has 0 radical (unpaired) electrons. The minimum absolute atomic E-state index is 0. The van der Waals surface area contributed by atoms with E-state index in [1.165, 1.54) is 16.3 Å². The van der Waals surface area contributed by atoms with Gasteiger partial charge < -0.3 is 15.2 Å². The Morgan fingerprint density at radius 2 is 1.80 bits per heavy atom. The Bertz CT molecular complexity index is 986. The molecule has 7 heteroatoms. The zero-order valence-electron chi connectivity index (χ0n) is 16.4. The number of halogens is 2. The number of nitrogens with zero attached hydrogens (tertiary/aromatic N) is 1. The predicted octanol–water partition coefficient (Wildman–Crippen LogP) is 3.05. The average Bonchev–Trinajstić information content (AvgIpc) is 3.13. The number of pyridine rings is 1. The quantitative estimate of drug-likeness (QED) is 0.257. The molecule has 3 aromatic rings. The zero-order valence-corrected chi connectivity index (χ0v) is 18.8. The van der Waals surface area contributed by atoms with Crippen molar-refractivity contribution < 1.29 is 9.69 Å². The second kappa shape index (κ2) is 11.1. The number of anilines is 1. The van der Waals surface area contributed by atoms with Gasteiger partial charge in [-0.3, -0.25) is 4.79 Å². The van der Waals surface area contributed by atoms with Crippen molar-refractivity contribution in [1.82, 2.24) is 4.98 Å². The van der Waals surface area contributed by atoms with E-state index in [4.69, 9.17) is 0 Å². The molecular weight excluding hydrogens is 437 g/mol. The Hall–Kier alpha value is -2.44. The predicted molar refractivity (Wildman–Crippen MR) is 129 cm³/mol. The van der Waals surface area contributed by atoms with Gasteiger partial charge in [0.15, 0.2) is 17.1 Å². The van der Waals surface area contributed by atoms with Crippen LogP contribution < -0.4 is 10.2 Å². The first kappa shape index (κ1) is 23.8. The van der Waals surface area contributed by atoms with Crippen molar-refractivity contribution in [2.45, 2.75) is 0 Å². The molecule has 30 heavy (non-hydrogen) atoms. The lowest BCUT2D eigenvalue weighted by Crippen LogP contribution is -3.09. The van der Waals surface area contributed by atoms with Crippen LogP contribution >= 0.6 is 24.8 Å². The van der Waals surface area contributed by atoms with Gasteiger partial charge in [0, 0.05) is 23.9 Å². The van der Waals surface area contributed by atoms with Crippen LogP contribution in [0.5, 0.6) is 0 Å². The first-order chi connectivity index (χ1) is 13.7. The largest absolute Gasteiger partial charge is 0.425 e. The molecule has 0 fully saturated rings. The molecule has 2 N–H and O–H groups in total. The average molecular weight is 460 g/mol. The number of rotatable bonds is 6. The van der Waals surface area contributed by atoms with Crippen LogP contribution in [0.25, 0.3) is 0 Å². The Kier molecular flexibility index (Phi) is 8.81. The summed E-state index contributed by atoms with van der Waals surface area (Å²) in [7, 11) is 2.14. The summed E-state index contributed by atoms with van der Waals surface area (Å²) in [6, 6.07) is 22.4. The van der Waals surface area contributed by atoms with Crippen molar-refractivity contribution in [2.24, 2.45) is 0 Å². The molecule has 4 nitrogen and oxygen atoms in total. The summed E-state index contributed by atoms with van der Waals surface area (Å²) in [4.78, 5) is 18.1. The third-order valence-corrected chi connectivity index (χ3v) is 5.89. The van der Waals surface area contributed by atoms with Crippen LogP contribution in [-0.2, 0) is 11.4 Å². The molecule has 2 heterocycles. The summed E-state index contributed by atoms with van der Waals surface area (Å²) >= 11 is 1.74. The van der Waals surface area contributed by atoms with E-state index in [0.29, 0.717) is 17.7 Å². The molecule has 0 saturated carbocycles. The van der Waals surface area contributed by atoms with Gasteiger partial charge in [-0.2, -0.15) is 0 Å². The fourth-order valence-corrected chi connectivity index (χ4v) is 4.22. The molecule has 4 rings (SSSR count). The van der Waals surface area contributed by atoms with E-state index in [1.54, 1.807) is 17.5 Å². The third kappa shape index (κ3) is 5.37. The molecule has 0 saturated heterocycles. The summed E-state index contributed by atoms with van der Waals surface area (Å²) in [6.07, 6.45) is 3.69. The molecule has 0 aliphatic carbocycles. The SMILES string of the molecule is C[NH+]1[C-](CNc2cccc(C(=O)c3ccccc3)c2)C=[S+][C-]1c1cccnc1.Cl.Cl. The molecule has 1 aliphatic heterocycles. The van der Waals surface area contributed by atoms with Gasteiger partial charge in [0.1, 0.15) is 0 Å². The van der Waals surface area contributed by atoms with Crippen LogP contribution in [-0.4, -0.2) is 29.7 Å². The second-order valence-electron chi connectivity index (χ2n) is 6.59. The van der Waals surface area contributed by atoms with E-state index >= 15 is 0 Å². The van der Waals surface area contributed by atoms with Gasteiger partial charge in [0.05, 0.1) is 5.37 Å². The number of ketones is 1. The molecule has 1 aliphatic rings. The van der Waals surface area contributed by atoms with Crippen LogP contribution in [0.15, 0.2) is 79.1 Å². The molecule has 156 valence electrons. The minimum Gasteiger partial charge on any atom is -0.425 e. The van der Waals surface area contributed by atoms with Crippen LogP contribution in [0, 0.1) is 11.4 Å². The summed E-state index contributed by atoms with van der Waals surface area (Å²) in [5.74, 6) is 0.0369. The first-order valence-electron chi connectivity index (χ1n) is 9.13. The highest BCUT2D eigenvalue weighted by atomic mass is 35.5. The number of quaternary nitrogens is 1. The van der Waals surface area contributed by atoms with E-state index in [-0.39, 0.29) is 30.6 Å². The highest BCUT2D eigenvalue weighted by Gasteiger charge is 2.29. The maximum Gasteiger partial charge on any atom is 0.261 e. The van der Waals surface area contributed by atoms with Crippen LogP contribution in [0.3, 0.4) is 0 Å². The van der Waals surface area contributed by atoms with Crippen molar-refractivity contribution in [1.29, 1.82) is 0 Å². The molecule has 0 spiro atoms. The van der Waals surface area contributed by atoms with Crippen molar-refractivity contribution in [3.05, 3.63) is 107 Å². The summed E-state index contributed by atoms with van der Waals surface area (Å²) < 4.78 is 0.